The van der Waals surface area contributed by atoms with Crippen molar-refractivity contribution in [3.05, 3.63) is 23.0 Å². The minimum atomic E-state index is -0.227. The zero-order valence-corrected chi connectivity index (χ0v) is 12.2. The zero-order chi connectivity index (χ0) is 13.4. The first-order valence-corrected chi connectivity index (χ1v) is 7.81. The van der Waals surface area contributed by atoms with E-state index in [0.717, 1.165) is 25.8 Å². The second-order valence-corrected chi connectivity index (χ2v) is 6.16. The molecule has 0 aromatic carbocycles. The van der Waals surface area contributed by atoms with E-state index in [-0.39, 0.29) is 6.10 Å². The number of nitrogens with zero attached hydrogens (tertiary/aromatic N) is 2. The van der Waals surface area contributed by atoms with Crippen LogP contribution in [-0.2, 0) is 6.42 Å². The summed E-state index contributed by atoms with van der Waals surface area (Å²) >= 11 is 0. The summed E-state index contributed by atoms with van der Waals surface area (Å²) in [6.07, 6.45) is 5.56. The maximum Gasteiger partial charge on any atom is 0.0807 e. The molecule has 0 spiro atoms. The second-order valence-electron chi connectivity index (χ2n) is 6.16. The third kappa shape index (κ3) is 2.34. The van der Waals surface area contributed by atoms with E-state index in [2.05, 4.69) is 29.4 Å². The molecule has 0 bridgehead atoms. The molecule has 1 fully saturated rings. The maximum absolute atomic E-state index is 10.2. The van der Waals surface area contributed by atoms with Crippen molar-refractivity contribution in [3.8, 4) is 0 Å². The molecule has 0 saturated carbocycles. The van der Waals surface area contributed by atoms with E-state index in [0.29, 0.717) is 6.04 Å². The summed E-state index contributed by atoms with van der Waals surface area (Å²) in [4.78, 5) is 2.55. The first kappa shape index (κ1) is 13.2. The highest BCUT2D eigenvalue weighted by Gasteiger charge is 2.28. The van der Waals surface area contributed by atoms with Crippen molar-refractivity contribution in [2.45, 2.75) is 58.1 Å². The molecule has 1 aromatic heterocycles. The van der Waals surface area contributed by atoms with E-state index in [9.17, 15) is 5.11 Å². The van der Waals surface area contributed by atoms with Crippen LogP contribution in [0, 0.1) is 6.92 Å². The van der Waals surface area contributed by atoms with Crippen molar-refractivity contribution in [3.63, 3.8) is 0 Å². The Morgan fingerprint density at radius 2 is 2.16 bits per heavy atom. The fourth-order valence-corrected chi connectivity index (χ4v) is 3.94. The first-order chi connectivity index (χ1) is 9.20. The molecular formula is C16H26N2O. The summed E-state index contributed by atoms with van der Waals surface area (Å²) in [6.45, 7) is 8.04. The third-order valence-electron chi connectivity index (χ3n) is 4.91. The van der Waals surface area contributed by atoms with Crippen molar-refractivity contribution < 1.29 is 5.11 Å². The largest absolute Gasteiger partial charge is 0.388 e. The lowest BCUT2D eigenvalue weighted by Gasteiger charge is -2.35. The number of hydrogen-bond donors (Lipinski definition) is 1. The average molecular weight is 262 g/mol. The molecule has 1 aliphatic carbocycles. The minimum Gasteiger partial charge on any atom is -0.388 e. The van der Waals surface area contributed by atoms with Crippen LogP contribution in [0.4, 0.5) is 0 Å². The van der Waals surface area contributed by atoms with Gasteiger partial charge >= 0.3 is 0 Å². The summed E-state index contributed by atoms with van der Waals surface area (Å²) in [5.74, 6) is 0. The van der Waals surface area contributed by atoms with Crippen LogP contribution in [0.25, 0.3) is 0 Å². The van der Waals surface area contributed by atoms with E-state index in [4.69, 9.17) is 0 Å². The second kappa shape index (κ2) is 5.29. The first-order valence-electron chi connectivity index (χ1n) is 7.81. The summed E-state index contributed by atoms with van der Waals surface area (Å²) in [5.41, 5.74) is 3.96. The van der Waals surface area contributed by atoms with Gasteiger partial charge in [0.05, 0.1) is 6.10 Å². The summed E-state index contributed by atoms with van der Waals surface area (Å²) in [6, 6.07) is 2.84. The maximum atomic E-state index is 10.2. The third-order valence-corrected chi connectivity index (χ3v) is 4.91. The average Bonchev–Trinajstić information content (AvgIpc) is 2.77. The number of likely N-dealkylation sites (tertiary alicyclic amines) is 1. The van der Waals surface area contributed by atoms with Gasteiger partial charge < -0.3 is 14.6 Å². The molecule has 2 aliphatic rings. The SMILES string of the molecule is CCN1CCCC(n2c(C)cc3c2CCCC3O)C1. The van der Waals surface area contributed by atoms with E-state index < -0.39 is 0 Å². The lowest BCUT2D eigenvalue weighted by molar-refractivity contribution is 0.151. The molecule has 2 heterocycles. The number of hydrogen-bond acceptors (Lipinski definition) is 2. The zero-order valence-electron chi connectivity index (χ0n) is 12.2. The molecule has 1 N–H and O–H groups in total. The van der Waals surface area contributed by atoms with E-state index in [1.165, 1.54) is 42.9 Å². The Hall–Kier alpha value is -0.800. The van der Waals surface area contributed by atoms with Crippen LogP contribution in [0.2, 0.25) is 0 Å². The molecule has 2 atom stereocenters. The van der Waals surface area contributed by atoms with Crippen LogP contribution in [0.15, 0.2) is 6.07 Å². The van der Waals surface area contributed by atoms with Gasteiger partial charge in [-0.1, -0.05) is 6.92 Å². The molecule has 3 heteroatoms. The summed E-state index contributed by atoms with van der Waals surface area (Å²) in [5, 5.41) is 10.2. The minimum absolute atomic E-state index is 0.227. The Morgan fingerprint density at radius 1 is 1.32 bits per heavy atom. The number of likely N-dealkylation sites (N-methyl/N-ethyl adjacent to an activating group) is 1. The number of fused-ring (bicyclic) bond motifs is 1. The molecule has 1 aliphatic heterocycles. The van der Waals surface area contributed by atoms with Crippen LogP contribution in [0.5, 0.6) is 0 Å². The molecule has 0 amide bonds. The van der Waals surface area contributed by atoms with Gasteiger partial charge in [0.1, 0.15) is 0 Å². The van der Waals surface area contributed by atoms with Crippen LogP contribution in [-0.4, -0.2) is 34.2 Å². The lowest BCUT2D eigenvalue weighted by Crippen LogP contribution is -2.37. The number of aliphatic hydroxyl groups excluding tert-OH is 1. The van der Waals surface area contributed by atoms with Crippen molar-refractivity contribution in [2.24, 2.45) is 0 Å². The van der Waals surface area contributed by atoms with Gasteiger partial charge in [-0.25, -0.2) is 0 Å². The van der Waals surface area contributed by atoms with Gasteiger partial charge in [0, 0.05) is 29.5 Å². The molecule has 0 radical (unpaired) electrons. The Balaban J connectivity index is 1.92. The highest BCUT2D eigenvalue weighted by molar-refractivity contribution is 5.32. The fourth-order valence-electron chi connectivity index (χ4n) is 3.94. The fraction of sp³-hybridized carbons (Fsp3) is 0.750. The Bertz CT molecular complexity index is 452. The van der Waals surface area contributed by atoms with Gasteiger partial charge in [0.25, 0.3) is 0 Å². The van der Waals surface area contributed by atoms with Crippen molar-refractivity contribution >= 4 is 0 Å². The van der Waals surface area contributed by atoms with Crippen molar-refractivity contribution in [1.29, 1.82) is 0 Å². The Morgan fingerprint density at radius 3 is 2.95 bits per heavy atom. The van der Waals surface area contributed by atoms with Crippen LogP contribution >= 0.6 is 0 Å². The molecule has 3 rings (SSSR count). The van der Waals surface area contributed by atoms with Crippen LogP contribution in [0.3, 0.4) is 0 Å². The molecule has 3 nitrogen and oxygen atoms in total. The van der Waals surface area contributed by atoms with Gasteiger partial charge in [0.15, 0.2) is 0 Å². The normalized spacial score (nSPS) is 28.4. The number of aryl methyl sites for hydroxylation is 1. The van der Waals surface area contributed by atoms with Crippen molar-refractivity contribution in [1.82, 2.24) is 9.47 Å². The predicted molar refractivity (Wildman–Crippen MR) is 77.5 cm³/mol. The van der Waals surface area contributed by atoms with E-state index in [1.54, 1.807) is 0 Å². The summed E-state index contributed by atoms with van der Waals surface area (Å²) in [7, 11) is 0. The predicted octanol–water partition coefficient (Wildman–Crippen LogP) is 2.82. The van der Waals surface area contributed by atoms with E-state index >= 15 is 0 Å². The van der Waals surface area contributed by atoms with Gasteiger partial charge in [-0.3, -0.25) is 0 Å². The van der Waals surface area contributed by atoms with Crippen LogP contribution < -0.4 is 0 Å². The summed E-state index contributed by atoms with van der Waals surface area (Å²) < 4.78 is 2.54. The molecule has 1 aromatic rings. The van der Waals surface area contributed by atoms with Crippen LogP contribution in [0.1, 0.15) is 61.7 Å². The molecule has 19 heavy (non-hydrogen) atoms. The molecule has 2 unspecified atom stereocenters. The standard InChI is InChI=1S/C16H26N2O/c1-3-17-9-5-6-13(11-17)18-12(2)10-14-15(18)7-4-8-16(14)19/h10,13,16,19H,3-9,11H2,1-2H3. The molecule has 1 saturated heterocycles. The molecular weight excluding hydrogens is 236 g/mol. The lowest BCUT2D eigenvalue weighted by atomic mass is 9.94. The number of piperidine rings is 1. The van der Waals surface area contributed by atoms with Gasteiger partial charge in [-0.05, 0) is 58.2 Å². The smallest absolute Gasteiger partial charge is 0.0807 e. The topological polar surface area (TPSA) is 28.4 Å². The highest BCUT2D eigenvalue weighted by atomic mass is 16.3. The Labute approximate surface area is 116 Å². The monoisotopic (exact) mass is 262 g/mol. The number of aromatic nitrogens is 1. The molecule has 106 valence electrons. The van der Waals surface area contributed by atoms with Gasteiger partial charge in [-0.2, -0.15) is 0 Å². The highest BCUT2D eigenvalue weighted by Crippen LogP contribution is 2.35. The quantitative estimate of drug-likeness (QED) is 0.888. The Kier molecular flexibility index (Phi) is 3.68. The van der Waals surface area contributed by atoms with E-state index in [1.807, 2.05) is 0 Å². The number of aliphatic hydroxyl groups is 1. The van der Waals surface area contributed by atoms with Gasteiger partial charge in [-0.15, -0.1) is 0 Å². The number of rotatable bonds is 2. The van der Waals surface area contributed by atoms with Gasteiger partial charge in [0.2, 0.25) is 0 Å². The van der Waals surface area contributed by atoms with Crippen molar-refractivity contribution in [2.75, 3.05) is 19.6 Å².